The van der Waals surface area contributed by atoms with Gasteiger partial charge in [0.15, 0.2) is 0 Å². The van der Waals surface area contributed by atoms with Crippen LogP contribution in [0.1, 0.15) is 34.7 Å². The average molecular weight is 281 g/mol. The van der Waals surface area contributed by atoms with Crippen molar-refractivity contribution in [1.82, 2.24) is 15.5 Å². The van der Waals surface area contributed by atoms with Crippen LogP contribution < -0.4 is 5.32 Å². The molecule has 2 rings (SSSR count). The first kappa shape index (κ1) is 13.6. The molecule has 0 saturated heterocycles. The van der Waals surface area contributed by atoms with E-state index in [1.807, 2.05) is 0 Å². The Labute approximate surface area is 116 Å². The van der Waals surface area contributed by atoms with Gasteiger partial charge in [-0.15, -0.1) is 32.9 Å². The standard InChI is InChI=1S/C13H19N3S2/c1-2-7-14-8-3-6-12-15-16-13(18-12)10-11-5-4-9-17-11/h4-5,9,14H,2-3,6-8,10H2,1H3. The van der Waals surface area contributed by atoms with Gasteiger partial charge in [-0.3, -0.25) is 0 Å². The van der Waals surface area contributed by atoms with Gasteiger partial charge in [-0.25, -0.2) is 0 Å². The van der Waals surface area contributed by atoms with Crippen molar-refractivity contribution < 1.29 is 0 Å². The summed E-state index contributed by atoms with van der Waals surface area (Å²) in [5, 5.41) is 16.3. The summed E-state index contributed by atoms with van der Waals surface area (Å²) in [5.74, 6) is 0. The monoisotopic (exact) mass is 281 g/mol. The number of nitrogens with zero attached hydrogens (tertiary/aromatic N) is 2. The molecule has 2 heterocycles. The molecule has 5 heteroatoms. The van der Waals surface area contributed by atoms with E-state index < -0.39 is 0 Å². The zero-order valence-corrected chi connectivity index (χ0v) is 12.3. The quantitative estimate of drug-likeness (QED) is 0.755. The molecular weight excluding hydrogens is 262 g/mol. The molecule has 18 heavy (non-hydrogen) atoms. The second-order valence-corrected chi connectivity index (χ2v) is 6.38. The first-order valence-corrected chi connectivity index (χ1v) is 8.12. The predicted octanol–water partition coefficient (Wildman–Crippen LogP) is 3.12. The van der Waals surface area contributed by atoms with Gasteiger partial charge in [0.25, 0.3) is 0 Å². The molecule has 0 spiro atoms. The van der Waals surface area contributed by atoms with Gasteiger partial charge in [-0.05, 0) is 37.4 Å². The molecule has 2 aromatic heterocycles. The van der Waals surface area contributed by atoms with Crippen LogP contribution in [0, 0.1) is 0 Å². The van der Waals surface area contributed by atoms with Gasteiger partial charge < -0.3 is 5.32 Å². The number of thiophene rings is 1. The lowest BCUT2D eigenvalue weighted by molar-refractivity contribution is 0.637. The summed E-state index contributed by atoms with van der Waals surface area (Å²) in [7, 11) is 0. The first-order valence-electron chi connectivity index (χ1n) is 6.43. The van der Waals surface area contributed by atoms with Crippen molar-refractivity contribution >= 4 is 22.7 Å². The van der Waals surface area contributed by atoms with Gasteiger partial charge in [-0.2, -0.15) is 0 Å². The minimum atomic E-state index is 0.934. The van der Waals surface area contributed by atoms with Crippen LogP contribution in [0.3, 0.4) is 0 Å². The van der Waals surface area contributed by atoms with Crippen molar-refractivity contribution in [1.29, 1.82) is 0 Å². The summed E-state index contributed by atoms with van der Waals surface area (Å²) in [6.45, 7) is 4.38. The van der Waals surface area contributed by atoms with E-state index in [-0.39, 0.29) is 0 Å². The van der Waals surface area contributed by atoms with Crippen molar-refractivity contribution in [2.75, 3.05) is 13.1 Å². The van der Waals surface area contributed by atoms with Gasteiger partial charge in [0.1, 0.15) is 10.0 Å². The van der Waals surface area contributed by atoms with Crippen molar-refractivity contribution in [2.45, 2.75) is 32.6 Å². The second kappa shape index (κ2) is 7.61. The number of nitrogens with one attached hydrogen (secondary N) is 1. The molecule has 98 valence electrons. The minimum Gasteiger partial charge on any atom is -0.317 e. The van der Waals surface area contributed by atoms with E-state index in [1.54, 1.807) is 22.7 Å². The van der Waals surface area contributed by atoms with Crippen LogP contribution in [0.25, 0.3) is 0 Å². The summed E-state index contributed by atoms with van der Waals surface area (Å²) in [6, 6.07) is 4.24. The molecule has 0 aliphatic heterocycles. The Balaban J connectivity index is 1.72. The fourth-order valence-electron chi connectivity index (χ4n) is 1.69. The molecule has 0 unspecified atom stereocenters. The summed E-state index contributed by atoms with van der Waals surface area (Å²) in [4.78, 5) is 1.36. The maximum Gasteiger partial charge on any atom is 0.122 e. The SMILES string of the molecule is CCCNCCCc1nnc(Cc2cccs2)s1. The topological polar surface area (TPSA) is 37.8 Å². The van der Waals surface area contributed by atoms with Gasteiger partial charge in [-0.1, -0.05) is 13.0 Å². The smallest absolute Gasteiger partial charge is 0.122 e. The molecule has 1 N–H and O–H groups in total. The van der Waals surface area contributed by atoms with Crippen LogP contribution in [0.4, 0.5) is 0 Å². The van der Waals surface area contributed by atoms with Crippen molar-refractivity contribution in [3.8, 4) is 0 Å². The molecule has 0 fully saturated rings. The largest absolute Gasteiger partial charge is 0.317 e. The third kappa shape index (κ3) is 4.48. The van der Waals surface area contributed by atoms with Crippen LogP contribution >= 0.6 is 22.7 Å². The Bertz CT molecular complexity index is 437. The zero-order valence-electron chi connectivity index (χ0n) is 10.7. The second-order valence-electron chi connectivity index (χ2n) is 4.20. The van der Waals surface area contributed by atoms with Gasteiger partial charge >= 0.3 is 0 Å². The van der Waals surface area contributed by atoms with E-state index in [1.165, 1.54) is 16.3 Å². The highest BCUT2D eigenvalue weighted by atomic mass is 32.1. The van der Waals surface area contributed by atoms with Crippen LogP contribution in [0.5, 0.6) is 0 Å². The molecule has 0 radical (unpaired) electrons. The zero-order chi connectivity index (χ0) is 12.6. The molecule has 0 aliphatic carbocycles. The number of aromatic nitrogens is 2. The Morgan fingerprint density at radius 3 is 2.89 bits per heavy atom. The molecule has 2 aromatic rings. The summed E-state index contributed by atoms with van der Waals surface area (Å²) >= 11 is 3.53. The van der Waals surface area contributed by atoms with E-state index in [2.05, 4.69) is 40.0 Å². The normalized spacial score (nSPS) is 10.9. The lowest BCUT2D eigenvalue weighted by Crippen LogP contribution is -2.16. The van der Waals surface area contributed by atoms with Crippen LogP contribution in [0.15, 0.2) is 17.5 Å². The molecule has 0 aromatic carbocycles. The van der Waals surface area contributed by atoms with E-state index in [0.717, 1.165) is 37.4 Å². The average Bonchev–Trinajstić information content (AvgIpc) is 3.02. The van der Waals surface area contributed by atoms with Crippen molar-refractivity contribution in [2.24, 2.45) is 0 Å². The summed E-state index contributed by atoms with van der Waals surface area (Å²) < 4.78 is 0. The Hall–Kier alpha value is -0.780. The number of hydrogen-bond donors (Lipinski definition) is 1. The maximum absolute atomic E-state index is 4.26. The minimum absolute atomic E-state index is 0.934. The van der Waals surface area contributed by atoms with Gasteiger partial charge in [0, 0.05) is 17.7 Å². The number of rotatable bonds is 8. The summed E-state index contributed by atoms with van der Waals surface area (Å²) in [5.41, 5.74) is 0. The molecule has 0 saturated carbocycles. The van der Waals surface area contributed by atoms with E-state index in [9.17, 15) is 0 Å². The van der Waals surface area contributed by atoms with E-state index in [0.29, 0.717) is 0 Å². The molecule has 3 nitrogen and oxygen atoms in total. The Morgan fingerprint density at radius 2 is 2.11 bits per heavy atom. The number of hydrogen-bond acceptors (Lipinski definition) is 5. The highest BCUT2D eigenvalue weighted by Crippen LogP contribution is 2.18. The summed E-state index contributed by atoms with van der Waals surface area (Å²) in [6.07, 6.45) is 4.32. The first-order chi connectivity index (χ1) is 8.88. The molecule has 0 bridgehead atoms. The van der Waals surface area contributed by atoms with Crippen molar-refractivity contribution in [3.05, 3.63) is 32.4 Å². The molecule has 0 atom stereocenters. The van der Waals surface area contributed by atoms with Gasteiger partial charge in [0.05, 0.1) is 0 Å². The Morgan fingerprint density at radius 1 is 1.22 bits per heavy atom. The van der Waals surface area contributed by atoms with Crippen molar-refractivity contribution in [3.63, 3.8) is 0 Å². The van der Waals surface area contributed by atoms with Gasteiger partial charge in [0.2, 0.25) is 0 Å². The fourth-order valence-corrected chi connectivity index (χ4v) is 3.40. The number of aryl methyl sites for hydroxylation is 1. The fraction of sp³-hybridized carbons (Fsp3) is 0.538. The lowest BCUT2D eigenvalue weighted by Gasteiger charge is -1.99. The third-order valence-corrected chi connectivity index (χ3v) is 4.44. The van der Waals surface area contributed by atoms with E-state index >= 15 is 0 Å². The molecule has 0 amide bonds. The highest BCUT2D eigenvalue weighted by Gasteiger charge is 2.05. The van der Waals surface area contributed by atoms with Crippen LogP contribution in [-0.2, 0) is 12.8 Å². The Kier molecular flexibility index (Phi) is 5.77. The van der Waals surface area contributed by atoms with E-state index in [4.69, 9.17) is 0 Å². The molecular formula is C13H19N3S2. The lowest BCUT2D eigenvalue weighted by atomic mass is 10.3. The van der Waals surface area contributed by atoms with Crippen LogP contribution in [-0.4, -0.2) is 23.3 Å². The maximum atomic E-state index is 4.26. The predicted molar refractivity (Wildman–Crippen MR) is 78.5 cm³/mol. The highest BCUT2D eigenvalue weighted by molar-refractivity contribution is 7.12. The van der Waals surface area contributed by atoms with Crippen LogP contribution in [0.2, 0.25) is 0 Å². The molecule has 0 aliphatic rings. The third-order valence-electron chi connectivity index (χ3n) is 2.59.